The number of ether oxygens (including phenoxy) is 1. The number of benzene rings is 2. The van der Waals surface area contributed by atoms with Gasteiger partial charge in [0.25, 0.3) is 5.91 Å². The number of phenols is 1. The van der Waals surface area contributed by atoms with Gasteiger partial charge in [0, 0.05) is 23.4 Å². The number of aromatic hydroxyl groups is 1. The summed E-state index contributed by atoms with van der Waals surface area (Å²) in [7, 11) is 0. The highest BCUT2D eigenvalue weighted by Gasteiger charge is 2.22. The lowest BCUT2D eigenvalue weighted by atomic mass is 9.95. The molecule has 0 saturated heterocycles. The third-order valence-electron chi connectivity index (χ3n) is 6.52. The Morgan fingerprint density at radius 1 is 1.05 bits per heavy atom. The van der Waals surface area contributed by atoms with Crippen molar-refractivity contribution in [3.05, 3.63) is 82.7 Å². The van der Waals surface area contributed by atoms with E-state index < -0.39 is 17.9 Å². The van der Waals surface area contributed by atoms with E-state index in [0.29, 0.717) is 18.8 Å². The van der Waals surface area contributed by atoms with Gasteiger partial charge in [-0.15, -0.1) is 0 Å². The molecule has 3 aromatic rings. The zero-order chi connectivity index (χ0) is 26.9. The molecular formula is C29H31N3O6. The number of hydrogen-bond donors (Lipinski definition) is 4. The number of amides is 2. The lowest BCUT2D eigenvalue weighted by molar-refractivity contribution is -0.139. The van der Waals surface area contributed by atoms with Crippen LogP contribution in [0.2, 0.25) is 0 Å². The summed E-state index contributed by atoms with van der Waals surface area (Å²) >= 11 is 0. The zero-order valence-electron chi connectivity index (χ0n) is 21.0. The second-order valence-electron chi connectivity index (χ2n) is 9.27. The molecule has 9 nitrogen and oxygen atoms in total. The Kier molecular flexibility index (Phi) is 8.92. The molecule has 0 fully saturated rings. The Morgan fingerprint density at radius 2 is 1.84 bits per heavy atom. The smallest absolute Gasteiger partial charge is 0.326 e. The molecule has 0 aliphatic heterocycles. The molecule has 1 atom stereocenters. The number of phenolic OH excluding ortho intramolecular Hbond substituents is 1. The van der Waals surface area contributed by atoms with Gasteiger partial charge < -0.3 is 25.6 Å². The van der Waals surface area contributed by atoms with Gasteiger partial charge in [-0.1, -0.05) is 18.2 Å². The van der Waals surface area contributed by atoms with Gasteiger partial charge in [0.15, 0.2) is 0 Å². The number of aliphatic carboxylic acids is 1. The number of nitrogens with zero attached hydrogens (tertiary/aromatic N) is 1. The maximum Gasteiger partial charge on any atom is 0.326 e. The number of aromatic nitrogens is 1. The van der Waals surface area contributed by atoms with Gasteiger partial charge in [0.05, 0.1) is 12.3 Å². The number of carboxylic acid groups (broad SMARTS) is 1. The van der Waals surface area contributed by atoms with Gasteiger partial charge in [0.2, 0.25) is 6.41 Å². The average molecular weight is 518 g/mol. The lowest BCUT2D eigenvalue weighted by Gasteiger charge is -2.16. The number of pyridine rings is 1. The number of fused-ring (bicyclic) bond motifs is 1. The molecule has 2 aromatic carbocycles. The molecule has 38 heavy (non-hydrogen) atoms. The minimum atomic E-state index is -1.18. The minimum absolute atomic E-state index is 0.0501. The van der Waals surface area contributed by atoms with Crippen LogP contribution >= 0.6 is 0 Å². The maximum atomic E-state index is 12.6. The van der Waals surface area contributed by atoms with E-state index in [-0.39, 0.29) is 23.4 Å². The van der Waals surface area contributed by atoms with Crippen molar-refractivity contribution < 1.29 is 29.3 Å². The summed E-state index contributed by atoms with van der Waals surface area (Å²) in [6.07, 6.45) is 6.77. The second kappa shape index (κ2) is 12.7. The first-order chi connectivity index (χ1) is 18.4. The first kappa shape index (κ1) is 26.7. The maximum absolute atomic E-state index is 12.6. The number of hydrogen-bond acceptors (Lipinski definition) is 6. The standard InChI is InChI=1S/C29H31N3O6/c33-18-30-25-17-21(10-14-27(25)34)28(35)32-26(29(36)37)16-19-7-12-23(13-8-19)38-15-3-5-22-11-9-20-4-1-2-6-24(20)31-22/h7-14,17-18,26,34H,1-6,15-16H2,(H,30,33)(H,32,35)(H,36,37). The minimum Gasteiger partial charge on any atom is -0.506 e. The van der Waals surface area contributed by atoms with E-state index in [1.54, 1.807) is 24.3 Å². The van der Waals surface area contributed by atoms with Gasteiger partial charge in [0.1, 0.15) is 17.5 Å². The van der Waals surface area contributed by atoms with Crippen LogP contribution in [-0.4, -0.2) is 46.1 Å². The van der Waals surface area contributed by atoms with Gasteiger partial charge >= 0.3 is 5.97 Å². The molecule has 0 spiro atoms. The van der Waals surface area contributed by atoms with Gasteiger partial charge in [-0.25, -0.2) is 4.79 Å². The fraction of sp³-hybridized carbons (Fsp3) is 0.310. The van der Waals surface area contributed by atoms with Crippen LogP contribution in [0.3, 0.4) is 0 Å². The Labute approximate surface area is 220 Å². The van der Waals surface area contributed by atoms with E-state index in [4.69, 9.17) is 9.72 Å². The fourth-order valence-electron chi connectivity index (χ4n) is 4.47. The predicted molar refractivity (Wildman–Crippen MR) is 142 cm³/mol. The molecule has 198 valence electrons. The summed E-state index contributed by atoms with van der Waals surface area (Å²) in [6, 6.07) is 14.1. The predicted octanol–water partition coefficient (Wildman–Crippen LogP) is 3.67. The molecule has 4 rings (SSSR count). The van der Waals surface area contributed by atoms with Gasteiger partial charge in [-0.2, -0.15) is 0 Å². The Bertz CT molecular complexity index is 1290. The third kappa shape index (κ3) is 7.09. The van der Waals surface area contributed by atoms with Crippen LogP contribution < -0.4 is 15.4 Å². The topological polar surface area (TPSA) is 138 Å². The molecule has 1 aliphatic carbocycles. The van der Waals surface area contributed by atoms with Crippen molar-refractivity contribution in [3.63, 3.8) is 0 Å². The highest BCUT2D eigenvalue weighted by Crippen LogP contribution is 2.24. The number of carboxylic acids is 1. The number of nitrogens with one attached hydrogen (secondary N) is 2. The molecule has 1 aliphatic rings. The van der Waals surface area contributed by atoms with Crippen LogP contribution in [0.4, 0.5) is 5.69 Å². The van der Waals surface area contributed by atoms with Crippen molar-refractivity contribution in [2.45, 2.75) is 51.0 Å². The number of rotatable bonds is 12. The van der Waals surface area contributed by atoms with Crippen LogP contribution in [0, 0.1) is 0 Å². The number of carbonyl (C=O) groups excluding carboxylic acids is 2. The van der Waals surface area contributed by atoms with Crippen molar-refractivity contribution in [1.29, 1.82) is 0 Å². The molecule has 0 saturated carbocycles. The Balaban J connectivity index is 1.27. The van der Waals surface area contributed by atoms with Crippen LogP contribution in [0.1, 0.15) is 52.1 Å². The van der Waals surface area contributed by atoms with E-state index >= 15 is 0 Å². The van der Waals surface area contributed by atoms with E-state index in [0.717, 1.165) is 36.9 Å². The second-order valence-corrected chi connectivity index (χ2v) is 9.27. The molecular weight excluding hydrogens is 486 g/mol. The highest BCUT2D eigenvalue weighted by atomic mass is 16.5. The molecule has 0 radical (unpaired) electrons. The molecule has 0 bridgehead atoms. The average Bonchev–Trinajstić information content (AvgIpc) is 2.92. The number of aryl methyl sites for hydroxylation is 3. The zero-order valence-corrected chi connectivity index (χ0v) is 21.0. The van der Waals surface area contributed by atoms with Crippen LogP contribution in [0.25, 0.3) is 0 Å². The summed E-state index contributed by atoms with van der Waals surface area (Å²) in [5.41, 5.74) is 4.58. The molecule has 1 heterocycles. The summed E-state index contributed by atoms with van der Waals surface area (Å²) in [6.45, 7) is 0.541. The van der Waals surface area contributed by atoms with Crippen molar-refractivity contribution in [1.82, 2.24) is 10.3 Å². The number of anilines is 1. The van der Waals surface area contributed by atoms with Gasteiger partial charge in [-0.3, -0.25) is 14.6 Å². The van der Waals surface area contributed by atoms with Crippen molar-refractivity contribution in [2.75, 3.05) is 11.9 Å². The lowest BCUT2D eigenvalue weighted by Crippen LogP contribution is -2.42. The van der Waals surface area contributed by atoms with E-state index in [1.165, 1.54) is 42.3 Å². The molecule has 2 amide bonds. The number of carbonyl (C=O) groups is 3. The van der Waals surface area contributed by atoms with Crippen LogP contribution in [-0.2, 0) is 35.3 Å². The monoisotopic (exact) mass is 517 g/mol. The normalized spacial score (nSPS) is 13.2. The quantitative estimate of drug-likeness (QED) is 0.163. The van der Waals surface area contributed by atoms with Crippen molar-refractivity contribution in [3.8, 4) is 11.5 Å². The first-order valence-corrected chi connectivity index (χ1v) is 12.7. The fourth-order valence-corrected chi connectivity index (χ4v) is 4.47. The third-order valence-corrected chi connectivity index (χ3v) is 6.52. The summed E-state index contributed by atoms with van der Waals surface area (Å²) in [4.78, 5) is 39.9. The molecule has 1 aromatic heterocycles. The molecule has 4 N–H and O–H groups in total. The summed E-state index contributed by atoms with van der Waals surface area (Å²) < 4.78 is 5.85. The van der Waals surface area contributed by atoms with E-state index in [9.17, 15) is 24.6 Å². The Morgan fingerprint density at radius 3 is 2.61 bits per heavy atom. The van der Waals surface area contributed by atoms with Crippen LogP contribution in [0.15, 0.2) is 54.6 Å². The van der Waals surface area contributed by atoms with Crippen molar-refractivity contribution in [2.24, 2.45) is 0 Å². The Hall–Kier alpha value is -4.40. The summed E-state index contributed by atoms with van der Waals surface area (Å²) in [5.74, 6) is -1.34. The first-order valence-electron chi connectivity index (χ1n) is 12.7. The largest absolute Gasteiger partial charge is 0.506 e. The SMILES string of the molecule is O=CNc1cc(C(=O)NC(Cc2ccc(OCCCc3ccc4c(n3)CCCC4)cc2)C(=O)O)ccc1O. The van der Waals surface area contributed by atoms with E-state index in [1.807, 2.05) is 0 Å². The van der Waals surface area contributed by atoms with Gasteiger partial charge in [-0.05, 0) is 86.1 Å². The molecule has 9 heteroatoms. The molecule has 1 unspecified atom stereocenters. The van der Waals surface area contributed by atoms with Crippen LogP contribution in [0.5, 0.6) is 11.5 Å². The highest BCUT2D eigenvalue weighted by molar-refractivity contribution is 5.98. The van der Waals surface area contributed by atoms with Crippen molar-refractivity contribution >= 4 is 24.0 Å². The summed E-state index contributed by atoms with van der Waals surface area (Å²) in [5, 5.41) is 24.1. The van der Waals surface area contributed by atoms with E-state index in [2.05, 4.69) is 22.8 Å².